The number of rotatable bonds is 4. The molecule has 0 saturated carbocycles. The monoisotopic (exact) mass is 444 g/mol. The van der Waals surface area contributed by atoms with E-state index in [9.17, 15) is 23.2 Å². The van der Waals surface area contributed by atoms with Gasteiger partial charge < -0.3 is 20.1 Å². The Balaban J connectivity index is 1.83. The van der Waals surface area contributed by atoms with Crippen molar-refractivity contribution in [3.63, 3.8) is 0 Å². The average Bonchev–Trinajstić information content (AvgIpc) is 2.87. The number of anilines is 2. The molecule has 29 heavy (non-hydrogen) atoms. The highest BCUT2D eigenvalue weighted by atomic mass is 35.5. The van der Waals surface area contributed by atoms with E-state index in [1.165, 1.54) is 24.3 Å². The van der Waals surface area contributed by atoms with Crippen LogP contribution in [0.4, 0.5) is 20.2 Å². The van der Waals surface area contributed by atoms with Crippen LogP contribution >= 0.6 is 23.2 Å². The van der Waals surface area contributed by atoms with E-state index in [-0.39, 0.29) is 39.5 Å². The van der Waals surface area contributed by atoms with Crippen molar-refractivity contribution in [1.29, 1.82) is 0 Å². The third-order valence-electron chi connectivity index (χ3n) is 3.80. The molecule has 11 heteroatoms. The highest BCUT2D eigenvalue weighted by Gasteiger charge is 2.48. The van der Waals surface area contributed by atoms with Crippen LogP contribution in [0, 0.1) is 0 Å². The predicted molar refractivity (Wildman–Crippen MR) is 101 cm³/mol. The standard InChI is InChI=1S/C18H12Cl2F2N2O5/c1-2-28-16(26)15(25)23-8-5-11(19)14(12(20)6-8)29-9-3-4-13-10(7-9)18(21,22)17(27)24-13/h3-7H,2H2,1H3,(H,23,25)(H,24,27). The van der Waals surface area contributed by atoms with E-state index < -0.39 is 29.3 Å². The molecule has 1 heterocycles. The van der Waals surface area contributed by atoms with Crippen LogP contribution in [0.2, 0.25) is 10.0 Å². The fourth-order valence-electron chi connectivity index (χ4n) is 2.50. The Morgan fingerprint density at radius 1 is 1.17 bits per heavy atom. The second kappa shape index (κ2) is 7.84. The Morgan fingerprint density at radius 2 is 1.83 bits per heavy atom. The zero-order valence-corrected chi connectivity index (χ0v) is 16.2. The minimum atomic E-state index is -3.69. The molecule has 2 N–H and O–H groups in total. The van der Waals surface area contributed by atoms with Crippen LogP contribution in [0.3, 0.4) is 0 Å². The molecule has 2 aromatic carbocycles. The SMILES string of the molecule is CCOC(=O)C(=O)Nc1cc(Cl)c(Oc2ccc3c(c2)C(F)(F)C(=O)N3)c(Cl)c1. The molecule has 7 nitrogen and oxygen atoms in total. The number of esters is 1. The summed E-state index contributed by atoms with van der Waals surface area (Å²) in [5, 5.41) is 4.22. The molecule has 0 atom stereocenters. The van der Waals surface area contributed by atoms with Crippen LogP contribution in [0.1, 0.15) is 12.5 Å². The molecular weight excluding hydrogens is 433 g/mol. The largest absolute Gasteiger partial charge is 0.459 e. The molecule has 1 aliphatic rings. The Bertz CT molecular complexity index is 1010. The molecule has 0 fully saturated rings. The first-order chi connectivity index (χ1) is 13.6. The van der Waals surface area contributed by atoms with Gasteiger partial charge in [-0.25, -0.2) is 4.79 Å². The molecule has 0 aliphatic carbocycles. The summed E-state index contributed by atoms with van der Waals surface area (Å²) in [6.45, 7) is 1.58. The van der Waals surface area contributed by atoms with E-state index in [0.29, 0.717) is 0 Å². The van der Waals surface area contributed by atoms with Crippen molar-refractivity contribution < 1.29 is 32.6 Å². The summed E-state index contributed by atoms with van der Waals surface area (Å²) in [7, 11) is 0. The van der Waals surface area contributed by atoms with Crippen molar-refractivity contribution in [1.82, 2.24) is 0 Å². The highest BCUT2D eigenvalue weighted by Crippen LogP contribution is 2.44. The number of fused-ring (bicyclic) bond motifs is 1. The van der Waals surface area contributed by atoms with E-state index in [4.69, 9.17) is 27.9 Å². The van der Waals surface area contributed by atoms with Gasteiger partial charge in [0, 0.05) is 5.69 Å². The molecule has 2 amide bonds. The predicted octanol–water partition coefficient (Wildman–Crippen LogP) is 4.33. The molecule has 1 aliphatic heterocycles. The lowest BCUT2D eigenvalue weighted by atomic mass is 10.1. The molecule has 0 saturated heterocycles. The average molecular weight is 445 g/mol. The van der Waals surface area contributed by atoms with Crippen LogP contribution in [0.5, 0.6) is 11.5 Å². The van der Waals surface area contributed by atoms with Crippen molar-refractivity contribution in [2.75, 3.05) is 17.2 Å². The maximum atomic E-state index is 13.9. The van der Waals surface area contributed by atoms with Gasteiger partial charge in [0.15, 0.2) is 5.75 Å². The van der Waals surface area contributed by atoms with Crippen LogP contribution in [-0.2, 0) is 25.0 Å². The number of nitrogens with one attached hydrogen (secondary N) is 2. The van der Waals surface area contributed by atoms with E-state index in [1.54, 1.807) is 6.92 Å². The normalized spacial score (nSPS) is 14.0. The maximum absolute atomic E-state index is 13.9. The Hall–Kier alpha value is -2.91. The molecule has 0 unspecified atom stereocenters. The number of alkyl halides is 2. The van der Waals surface area contributed by atoms with Crippen molar-refractivity contribution in [3.8, 4) is 11.5 Å². The number of carbonyl (C=O) groups excluding carboxylic acids is 3. The van der Waals surface area contributed by atoms with Crippen LogP contribution in [-0.4, -0.2) is 24.4 Å². The lowest BCUT2D eigenvalue weighted by molar-refractivity contribution is -0.152. The second-order valence-electron chi connectivity index (χ2n) is 5.78. The molecule has 0 radical (unpaired) electrons. The fourth-order valence-corrected chi connectivity index (χ4v) is 3.07. The summed E-state index contributed by atoms with van der Waals surface area (Å²) in [6.07, 6.45) is 0. The van der Waals surface area contributed by atoms with E-state index in [0.717, 1.165) is 6.07 Å². The molecule has 152 valence electrons. The Morgan fingerprint density at radius 3 is 2.45 bits per heavy atom. The number of halogens is 4. The number of hydrogen-bond acceptors (Lipinski definition) is 5. The first kappa shape index (κ1) is 20.8. The second-order valence-corrected chi connectivity index (χ2v) is 6.60. The van der Waals surface area contributed by atoms with Crippen molar-refractivity contribution in [2.45, 2.75) is 12.8 Å². The number of benzene rings is 2. The topological polar surface area (TPSA) is 93.7 Å². The van der Waals surface area contributed by atoms with Gasteiger partial charge in [-0.1, -0.05) is 23.2 Å². The van der Waals surface area contributed by atoms with Crippen molar-refractivity contribution in [2.24, 2.45) is 0 Å². The molecular formula is C18H12Cl2F2N2O5. The third kappa shape index (κ3) is 4.10. The van der Waals surface area contributed by atoms with Gasteiger partial charge in [0.05, 0.1) is 27.9 Å². The molecule has 3 rings (SSSR count). The van der Waals surface area contributed by atoms with E-state index in [1.807, 2.05) is 0 Å². The van der Waals surface area contributed by atoms with Gasteiger partial charge in [-0.05, 0) is 37.3 Å². The zero-order valence-electron chi connectivity index (χ0n) is 14.6. The number of amides is 2. The Labute approximate surface area is 172 Å². The Kier molecular flexibility index (Phi) is 5.63. The summed E-state index contributed by atoms with van der Waals surface area (Å²) in [5.74, 6) is -7.32. The molecule has 0 spiro atoms. The van der Waals surface area contributed by atoms with E-state index in [2.05, 4.69) is 15.4 Å². The van der Waals surface area contributed by atoms with Gasteiger partial charge in [0.2, 0.25) is 0 Å². The van der Waals surface area contributed by atoms with Gasteiger partial charge in [-0.15, -0.1) is 0 Å². The van der Waals surface area contributed by atoms with Gasteiger partial charge in [-0.3, -0.25) is 9.59 Å². The zero-order chi connectivity index (χ0) is 21.3. The van der Waals surface area contributed by atoms with E-state index >= 15 is 0 Å². The summed E-state index contributed by atoms with van der Waals surface area (Å²) < 4.78 is 37.9. The third-order valence-corrected chi connectivity index (χ3v) is 4.36. The lowest BCUT2D eigenvalue weighted by Crippen LogP contribution is -2.24. The maximum Gasteiger partial charge on any atom is 0.397 e. The summed E-state index contributed by atoms with van der Waals surface area (Å²) in [4.78, 5) is 34.4. The lowest BCUT2D eigenvalue weighted by Gasteiger charge is -2.13. The summed E-state index contributed by atoms with van der Waals surface area (Å²) in [5.41, 5.74) is -0.465. The van der Waals surface area contributed by atoms with Crippen molar-refractivity contribution >= 4 is 52.4 Å². The fraction of sp³-hybridized carbons (Fsp3) is 0.167. The van der Waals surface area contributed by atoms with Crippen LogP contribution in [0.25, 0.3) is 0 Å². The smallest absolute Gasteiger partial charge is 0.397 e. The quantitative estimate of drug-likeness (QED) is 0.540. The summed E-state index contributed by atoms with van der Waals surface area (Å²) >= 11 is 12.2. The molecule has 2 aromatic rings. The number of ether oxygens (including phenoxy) is 2. The van der Waals surface area contributed by atoms with Gasteiger partial charge in [0.25, 0.3) is 5.91 Å². The minimum Gasteiger partial charge on any atom is -0.459 e. The molecule has 0 aromatic heterocycles. The minimum absolute atomic E-state index is 0.0263. The van der Waals surface area contributed by atoms with Gasteiger partial charge in [-0.2, -0.15) is 8.78 Å². The van der Waals surface area contributed by atoms with Gasteiger partial charge in [0.1, 0.15) is 5.75 Å². The molecule has 0 bridgehead atoms. The highest BCUT2D eigenvalue weighted by molar-refractivity contribution is 6.39. The first-order valence-corrected chi connectivity index (χ1v) is 8.88. The number of carbonyl (C=O) groups is 3. The number of hydrogen-bond donors (Lipinski definition) is 2. The van der Waals surface area contributed by atoms with Crippen LogP contribution < -0.4 is 15.4 Å². The van der Waals surface area contributed by atoms with Gasteiger partial charge >= 0.3 is 17.8 Å². The van der Waals surface area contributed by atoms with Crippen molar-refractivity contribution in [3.05, 3.63) is 45.9 Å². The summed E-state index contributed by atoms with van der Waals surface area (Å²) in [6, 6.07) is 6.12. The first-order valence-electron chi connectivity index (χ1n) is 8.12. The van der Waals surface area contributed by atoms with Crippen LogP contribution in [0.15, 0.2) is 30.3 Å².